The van der Waals surface area contributed by atoms with Crippen molar-refractivity contribution in [3.8, 4) is 0 Å². The number of carbonyl (C=O) groups excluding carboxylic acids is 2. The van der Waals surface area contributed by atoms with Gasteiger partial charge in [-0.15, -0.1) is 0 Å². The summed E-state index contributed by atoms with van der Waals surface area (Å²) in [6.07, 6.45) is 0. The summed E-state index contributed by atoms with van der Waals surface area (Å²) in [7, 11) is 0. The summed E-state index contributed by atoms with van der Waals surface area (Å²) in [5.74, 6) is -2.12. The zero-order chi connectivity index (χ0) is 12.9. The van der Waals surface area contributed by atoms with E-state index in [4.69, 9.17) is 5.11 Å². The van der Waals surface area contributed by atoms with Crippen molar-refractivity contribution < 1.29 is 19.5 Å². The van der Waals surface area contributed by atoms with Crippen molar-refractivity contribution in [3.05, 3.63) is 12.2 Å². The minimum atomic E-state index is -1.13. The Balaban J connectivity index is 4.24. The van der Waals surface area contributed by atoms with E-state index in [1.54, 1.807) is 0 Å². The van der Waals surface area contributed by atoms with Crippen LogP contribution >= 0.6 is 0 Å². The Morgan fingerprint density at radius 2 is 1.62 bits per heavy atom. The number of hydrogen-bond donors (Lipinski definition) is 3. The minimum absolute atomic E-state index is 0.283. The van der Waals surface area contributed by atoms with Gasteiger partial charge >= 0.3 is 5.97 Å². The second-order valence-corrected chi connectivity index (χ2v) is 3.54. The van der Waals surface area contributed by atoms with Crippen molar-refractivity contribution in [2.45, 2.75) is 32.9 Å². The Morgan fingerprint density at radius 1 is 1.12 bits per heavy atom. The number of rotatable bonds is 5. The fourth-order valence-electron chi connectivity index (χ4n) is 0.786. The van der Waals surface area contributed by atoms with Gasteiger partial charge in [-0.05, 0) is 20.8 Å². The van der Waals surface area contributed by atoms with Crippen molar-refractivity contribution in [2.75, 3.05) is 0 Å². The molecule has 0 unspecified atom stereocenters. The van der Waals surface area contributed by atoms with E-state index in [-0.39, 0.29) is 5.57 Å². The van der Waals surface area contributed by atoms with Crippen LogP contribution in [0.5, 0.6) is 0 Å². The molecular weight excluding hydrogens is 212 g/mol. The molecule has 3 N–H and O–H groups in total. The average Bonchev–Trinajstić information content (AvgIpc) is 2.16. The van der Waals surface area contributed by atoms with E-state index >= 15 is 0 Å². The lowest BCUT2D eigenvalue weighted by molar-refractivity contribution is -0.141. The first-order valence-electron chi connectivity index (χ1n) is 4.75. The first kappa shape index (κ1) is 14.2. The molecule has 2 atom stereocenters. The smallest absolute Gasteiger partial charge is 0.325 e. The van der Waals surface area contributed by atoms with Crippen molar-refractivity contribution in [3.63, 3.8) is 0 Å². The number of nitrogens with one attached hydrogen (secondary N) is 2. The van der Waals surface area contributed by atoms with Gasteiger partial charge < -0.3 is 15.7 Å². The molecule has 0 aromatic heterocycles. The third-order valence-corrected chi connectivity index (χ3v) is 1.86. The second kappa shape index (κ2) is 5.89. The predicted octanol–water partition coefficient (Wildman–Crippen LogP) is -0.343. The molecule has 6 nitrogen and oxygen atoms in total. The lowest BCUT2D eigenvalue weighted by Crippen LogP contribution is -2.49. The molecule has 0 saturated heterocycles. The van der Waals surface area contributed by atoms with Crippen LogP contribution < -0.4 is 10.6 Å². The molecule has 0 aliphatic rings. The first-order valence-corrected chi connectivity index (χ1v) is 4.75. The zero-order valence-electron chi connectivity index (χ0n) is 9.53. The summed E-state index contributed by atoms with van der Waals surface area (Å²) in [6.45, 7) is 7.74. The lowest BCUT2D eigenvalue weighted by Gasteiger charge is -2.16. The summed E-state index contributed by atoms with van der Waals surface area (Å²) in [4.78, 5) is 33.0. The van der Waals surface area contributed by atoms with Crippen LogP contribution in [0.25, 0.3) is 0 Å². The van der Waals surface area contributed by atoms with Gasteiger partial charge in [0, 0.05) is 5.57 Å². The molecule has 0 aliphatic carbocycles. The summed E-state index contributed by atoms with van der Waals surface area (Å²) in [5.41, 5.74) is 0.283. The lowest BCUT2D eigenvalue weighted by atomic mass is 10.2. The van der Waals surface area contributed by atoms with Crippen LogP contribution in [0.15, 0.2) is 12.2 Å². The Hall–Kier alpha value is -1.85. The van der Waals surface area contributed by atoms with Gasteiger partial charge in [-0.3, -0.25) is 14.4 Å². The van der Waals surface area contributed by atoms with Crippen LogP contribution in [0.1, 0.15) is 20.8 Å². The van der Waals surface area contributed by atoms with E-state index in [0.717, 1.165) is 0 Å². The maximum atomic E-state index is 11.4. The van der Waals surface area contributed by atoms with Gasteiger partial charge in [0.1, 0.15) is 12.1 Å². The number of carboxylic acid groups (broad SMARTS) is 1. The molecule has 0 aromatic carbocycles. The Kier molecular flexibility index (Phi) is 5.21. The molecule has 0 rings (SSSR count). The maximum absolute atomic E-state index is 11.4. The van der Waals surface area contributed by atoms with Crippen LogP contribution in [0.2, 0.25) is 0 Å². The van der Waals surface area contributed by atoms with E-state index in [9.17, 15) is 14.4 Å². The molecule has 16 heavy (non-hydrogen) atoms. The molecular formula is C10H16N2O4. The first-order chi connectivity index (χ1) is 7.25. The molecule has 0 aromatic rings. The highest BCUT2D eigenvalue weighted by Crippen LogP contribution is 1.91. The summed E-state index contributed by atoms with van der Waals surface area (Å²) < 4.78 is 0. The zero-order valence-corrected chi connectivity index (χ0v) is 9.53. The molecule has 90 valence electrons. The predicted molar refractivity (Wildman–Crippen MR) is 57.7 cm³/mol. The standard InChI is InChI=1S/C10H16N2O4/c1-5(2)8(13)11-6(3)9(14)12-7(4)10(15)16/h6-7H,1H2,2-4H3,(H,11,13)(H,12,14)(H,15,16)/t6-,7-/m0/s1. The number of carboxylic acids is 1. The normalized spacial score (nSPS) is 13.4. The van der Waals surface area contributed by atoms with E-state index < -0.39 is 29.9 Å². The number of carbonyl (C=O) groups is 3. The molecule has 0 aliphatic heterocycles. The van der Waals surface area contributed by atoms with Crippen molar-refractivity contribution in [1.29, 1.82) is 0 Å². The molecule has 0 heterocycles. The molecule has 0 saturated carbocycles. The average molecular weight is 228 g/mol. The number of hydrogen-bond acceptors (Lipinski definition) is 3. The van der Waals surface area contributed by atoms with Gasteiger partial charge in [0.25, 0.3) is 0 Å². The largest absolute Gasteiger partial charge is 0.480 e. The Labute approximate surface area is 93.7 Å². The SMILES string of the molecule is C=C(C)C(=O)N[C@@H](C)C(=O)N[C@@H](C)C(=O)O. The summed E-state index contributed by atoms with van der Waals surface area (Å²) in [5, 5.41) is 13.2. The third-order valence-electron chi connectivity index (χ3n) is 1.86. The minimum Gasteiger partial charge on any atom is -0.480 e. The quantitative estimate of drug-likeness (QED) is 0.561. The van der Waals surface area contributed by atoms with Crippen LogP contribution in [0, 0.1) is 0 Å². The van der Waals surface area contributed by atoms with Crippen molar-refractivity contribution in [2.24, 2.45) is 0 Å². The van der Waals surface area contributed by atoms with Gasteiger partial charge in [-0.1, -0.05) is 6.58 Å². The Bertz CT molecular complexity index is 325. The van der Waals surface area contributed by atoms with Gasteiger partial charge in [0.15, 0.2) is 0 Å². The molecule has 0 radical (unpaired) electrons. The number of aliphatic carboxylic acids is 1. The summed E-state index contributed by atoms with van der Waals surface area (Å²) in [6, 6.07) is -1.79. The van der Waals surface area contributed by atoms with Gasteiger partial charge in [0.05, 0.1) is 0 Å². The van der Waals surface area contributed by atoms with Crippen LogP contribution in [0.3, 0.4) is 0 Å². The van der Waals surface area contributed by atoms with E-state index in [1.807, 2.05) is 0 Å². The third kappa shape index (κ3) is 4.59. The van der Waals surface area contributed by atoms with E-state index in [0.29, 0.717) is 0 Å². The topological polar surface area (TPSA) is 95.5 Å². The molecule has 0 bridgehead atoms. The van der Waals surface area contributed by atoms with Gasteiger partial charge in [0.2, 0.25) is 11.8 Å². The number of amides is 2. The highest BCUT2D eigenvalue weighted by molar-refractivity contribution is 5.96. The van der Waals surface area contributed by atoms with Gasteiger partial charge in [-0.2, -0.15) is 0 Å². The van der Waals surface area contributed by atoms with E-state index in [2.05, 4.69) is 17.2 Å². The molecule has 2 amide bonds. The molecule has 6 heteroatoms. The summed E-state index contributed by atoms with van der Waals surface area (Å²) >= 11 is 0. The second-order valence-electron chi connectivity index (χ2n) is 3.54. The highest BCUT2D eigenvalue weighted by atomic mass is 16.4. The monoisotopic (exact) mass is 228 g/mol. The Morgan fingerprint density at radius 3 is 2.00 bits per heavy atom. The fraction of sp³-hybridized carbons (Fsp3) is 0.500. The molecule has 0 fully saturated rings. The van der Waals surface area contributed by atoms with Crippen LogP contribution in [-0.4, -0.2) is 35.0 Å². The maximum Gasteiger partial charge on any atom is 0.325 e. The van der Waals surface area contributed by atoms with Crippen molar-refractivity contribution in [1.82, 2.24) is 10.6 Å². The fourth-order valence-corrected chi connectivity index (χ4v) is 0.786. The van der Waals surface area contributed by atoms with Crippen LogP contribution in [-0.2, 0) is 14.4 Å². The van der Waals surface area contributed by atoms with Gasteiger partial charge in [-0.25, -0.2) is 0 Å². The van der Waals surface area contributed by atoms with Crippen molar-refractivity contribution >= 4 is 17.8 Å². The van der Waals surface area contributed by atoms with Crippen LogP contribution in [0.4, 0.5) is 0 Å². The van der Waals surface area contributed by atoms with E-state index in [1.165, 1.54) is 20.8 Å². The molecule has 0 spiro atoms. The highest BCUT2D eigenvalue weighted by Gasteiger charge is 2.20.